The van der Waals surface area contributed by atoms with Gasteiger partial charge in [-0.25, -0.2) is 0 Å². The molecule has 0 aromatic carbocycles. The molecule has 0 bridgehead atoms. The summed E-state index contributed by atoms with van der Waals surface area (Å²) in [5.74, 6) is 0. The maximum atomic E-state index is 8.86. The van der Waals surface area contributed by atoms with E-state index in [4.69, 9.17) is 15.9 Å². The van der Waals surface area contributed by atoms with E-state index in [-0.39, 0.29) is 0 Å². The highest BCUT2D eigenvalue weighted by molar-refractivity contribution is 5.58. The summed E-state index contributed by atoms with van der Waals surface area (Å²) in [7, 11) is 0. The van der Waals surface area contributed by atoms with Gasteiger partial charge in [-0.3, -0.25) is 0 Å². The third-order valence-corrected chi connectivity index (χ3v) is 1.29. The second-order valence-electron chi connectivity index (χ2n) is 2.22. The number of hydrogen-bond donors (Lipinski definition) is 3. The quantitative estimate of drug-likeness (QED) is 0.378. The Labute approximate surface area is 61.1 Å². The minimum absolute atomic E-state index is 0.578. The fraction of sp³-hybridized carbons (Fsp3) is 0.714. The third kappa shape index (κ3) is 5.44. The lowest BCUT2D eigenvalue weighted by Crippen LogP contribution is -2.06. The molecule has 0 saturated heterocycles. The van der Waals surface area contributed by atoms with Gasteiger partial charge in [0.1, 0.15) is 0 Å². The molecule has 0 aliphatic carbocycles. The summed E-state index contributed by atoms with van der Waals surface area (Å²) >= 11 is 0. The lowest BCUT2D eigenvalue weighted by Gasteiger charge is -2.00. The van der Waals surface area contributed by atoms with E-state index in [0.29, 0.717) is 6.42 Å². The Hall–Kier alpha value is -0.700. The number of unbranched alkanes of at least 4 members (excludes halogenated alkanes) is 2. The van der Waals surface area contributed by atoms with Crippen LogP contribution in [-0.2, 0) is 0 Å². The molecule has 0 aromatic rings. The minimum atomic E-state index is -0.578. The average molecular weight is 142 g/mol. The van der Waals surface area contributed by atoms with Crippen LogP contribution in [0.15, 0.2) is 0 Å². The van der Waals surface area contributed by atoms with Gasteiger partial charge in [-0.1, -0.05) is 6.42 Å². The van der Waals surface area contributed by atoms with Crippen molar-refractivity contribution in [1.82, 2.24) is 0 Å². The largest absolute Gasteiger partial charge is 0.387 e. The zero-order valence-corrected chi connectivity index (χ0v) is 6.01. The van der Waals surface area contributed by atoms with Gasteiger partial charge < -0.3 is 15.9 Å². The standard InChI is InChI=1S/C7H14N2O/c8-5-3-1-2-4-7(10)6-9/h5-10H,1-4H2. The lowest BCUT2D eigenvalue weighted by atomic mass is 10.1. The molecule has 0 saturated carbocycles. The van der Waals surface area contributed by atoms with Gasteiger partial charge in [-0.15, -0.1) is 0 Å². The first kappa shape index (κ1) is 9.30. The molecule has 0 aliphatic heterocycles. The molecular formula is C7H14N2O. The van der Waals surface area contributed by atoms with E-state index >= 15 is 0 Å². The van der Waals surface area contributed by atoms with Crippen LogP contribution >= 0.6 is 0 Å². The van der Waals surface area contributed by atoms with Gasteiger partial charge in [-0.05, 0) is 25.5 Å². The van der Waals surface area contributed by atoms with Crippen LogP contribution in [0.2, 0.25) is 0 Å². The third-order valence-electron chi connectivity index (χ3n) is 1.29. The van der Waals surface area contributed by atoms with Crippen LogP contribution in [0.3, 0.4) is 0 Å². The second kappa shape index (κ2) is 6.42. The van der Waals surface area contributed by atoms with Crippen molar-refractivity contribution in [3.8, 4) is 0 Å². The summed E-state index contributed by atoms with van der Waals surface area (Å²) in [6, 6.07) is 0. The Bertz CT molecular complexity index is 104. The fourth-order valence-corrected chi connectivity index (χ4v) is 0.683. The van der Waals surface area contributed by atoms with E-state index in [0.717, 1.165) is 25.5 Å². The molecule has 1 atom stereocenters. The molecule has 3 nitrogen and oxygen atoms in total. The van der Waals surface area contributed by atoms with Crippen LogP contribution < -0.4 is 0 Å². The Morgan fingerprint density at radius 2 is 2.00 bits per heavy atom. The lowest BCUT2D eigenvalue weighted by molar-refractivity contribution is 0.231. The number of nitrogens with one attached hydrogen (secondary N) is 2. The zero-order valence-electron chi connectivity index (χ0n) is 6.01. The maximum Gasteiger partial charge on any atom is 0.0884 e. The molecule has 0 heterocycles. The molecule has 0 rings (SSSR count). The molecule has 0 aromatic heterocycles. The van der Waals surface area contributed by atoms with Crippen LogP contribution in [0.25, 0.3) is 0 Å². The van der Waals surface area contributed by atoms with Gasteiger partial charge >= 0.3 is 0 Å². The molecule has 0 fully saturated rings. The number of aliphatic hydroxyl groups is 1. The summed E-state index contributed by atoms with van der Waals surface area (Å²) in [6.07, 6.45) is 5.11. The number of hydrogen-bond acceptors (Lipinski definition) is 3. The van der Waals surface area contributed by atoms with Gasteiger partial charge in [0.05, 0.1) is 6.10 Å². The molecule has 0 spiro atoms. The smallest absolute Gasteiger partial charge is 0.0884 e. The summed E-state index contributed by atoms with van der Waals surface area (Å²) in [6.45, 7) is 0. The Morgan fingerprint density at radius 3 is 2.50 bits per heavy atom. The van der Waals surface area contributed by atoms with E-state index in [1.165, 1.54) is 6.21 Å². The monoisotopic (exact) mass is 142 g/mol. The van der Waals surface area contributed by atoms with Crippen molar-refractivity contribution in [2.24, 2.45) is 0 Å². The molecule has 1 unspecified atom stereocenters. The van der Waals surface area contributed by atoms with Crippen molar-refractivity contribution in [2.75, 3.05) is 0 Å². The van der Waals surface area contributed by atoms with Gasteiger partial charge in [0, 0.05) is 6.21 Å². The zero-order chi connectivity index (χ0) is 7.82. The van der Waals surface area contributed by atoms with Crippen LogP contribution in [0, 0.1) is 10.8 Å². The molecule has 0 aliphatic rings. The molecule has 58 valence electrons. The van der Waals surface area contributed by atoms with Crippen LogP contribution in [0.5, 0.6) is 0 Å². The van der Waals surface area contributed by atoms with Gasteiger partial charge in [0.15, 0.2) is 0 Å². The number of aliphatic hydroxyl groups excluding tert-OH is 1. The Morgan fingerprint density at radius 1 is 1.30 bits per heavy atom. The molecular weight excluding hydrogens is 128 g/mol. The van der Waals surface area contributed by atoms with Crippen molar-refractivity contribution in [1.29, 1.82) is 10.8 Å². The highest BCUT2D eigenvalue weighted by Crippen LogP contribution is 2.00. The van der Waals surface area contributed by atoms with E-state index in [1.807, 2.05) is 0 Å². The summed E-state index contributed by atoms with van der Waals surface area (Å²) in [5, 5.41) is 22.2. The summed E-state index contributed by atoms with van der Waals surface area (Å²) in [4.78, 5) is 0. The minimum Gasteiger partial charge on any atom is -0.387 e. The van der Waals surface area contributed by atoms with Gasteiger partial charge in [0.25, 0.3) is 0 Å². The normalized spacial score (nSPS) is 12.5. The first-order chi connectivity index (χ1) is 4.81. The first-order valence-electron chi connectivity index (χ1n) is 3.49. The Kier molecular flexibility index (Phi) is 5.97. The van der Waals surface area contributed by atoms with Crippen LogP contribution in [0.1, 0.15) is 25.7 Å². The van der Waals surface area contributed by atoms with Crippen molar-refractivity contribution in [2.45, 2.75) is 31.8 Å². The fourth-order valence-electron chi connectivity index (χ4n) is 0.683. The molecule has 0 amide bonds. The molecule has 10 heavy (non-hydrogen) atoms. The first-order valence-corrected chi connectivity index (χ1v) is 3.49. The highest BCUT2D eigenvalue weighted by atomic mass is 16.3. The molecule has 0 radical (unpaired) electrons. The summed E-state index contributed by atoms with van der Waals surface area (Å²) in [5.41, 5.74) is 0. The predicted molar refractivity (Wildman–Crippen MR) is 42.0 cm³/mol. The van der Waals surface area contributed by atoms with Crippen LogP contribution in [-0.4, -0.2) is 23.6 Å². The Balaban J connectivity index is 3.02. The van der Waals surface area contributed by atoms with Crippen molar-refractivity contribution in [3.63, 3.8) is 0 Å². The van der Waals surface area contributed by atoms with Crippen molar-refractivity contribution in [3.05, 3.63) is 0 Å². The predicted octanol–water partition coefficient (Wildman–Crippen LogP) is 1.21. The maximum absolute atomic E-state index is 8.86. The number of rotatable bonds is 6. The summed E-state index contributed by atoms with van der Waals surface area (Å²) < 4.78 is 0. The van der Waals surface area contributed by atoms with Gasteiger partial charge in [-0.2, -0.15) is 0 Å². The molecule has 3 N–H and O–H groups in total. The highest BCUT2D eigenvalue weighted by Gasteiger charge is 1.96. The van der Waals surface area contributed by atoms with Gasteiger partial charge in [0.2, 0.25) is 0 Å². The second-order valence-corrected chi connectivity index (χ2v) is 2.22. The van der Waals surface area contributed by atoms with E-state index < -0.39 is 6.10 Å². The van der Waals surface area contributed by atoms with Crippen molar-refractivity contribution < 1.29 is 5.11 Å². The average Bonchev–Trinajstić information content (AvgIpc) is 1.98. The SMILES string of the molecule is N=CCCCCC(O)C=N. The topological polar surface area (TPSA) is 67.9 Å². The van der Waals surface area contributed by atoms with E-state index in [2.05, 4.69) is 0 Å². The van der Waals surface area contributed by atoms with Crippen LogP contribution in [0.4, 0.5) is 0 Å². The molecule has 3 heteroatoms. The van der Waals surface area contributed by atoms with E-state index in [9.17, 15) is 0 Å². The van der Waals surface area contributed by atoms with E-state index in [1.54, 1.807) is 0 Å². The van der Waals surface area contributed by atoms with Crippen molar-refractivity contribution >= 4 is 12.4 Å².